The standard InChI is InChI=1S/C23H25NO6/c1-12(25)29-22-21(28-6)18-16(30-23(22,2)3)11-15(27-5)17-19(18)24(4)14-10-8-7-9-13(14)20(17)26/h7-11,21-22H,1-6H3/t21-,22+/m0/s1. The van der Waals surface area contributed by atoms with Gasteiger partial charge in [-0.25, -0.2) is 0 Å². The molecule has 0 radical (unpaired) electrons. The summed E-state index contributed by atoms with van der Waals surface area (Å²) < 4.78 is 25.3. The number of para-hydroxylation sites is 1. The third-order valence-electron chi connectivity index (χ3n) is 5.72. The van der Waals surface area contributed by atoms with Crippen LogP contribution in [0.4, 0.5) is 0 Å². The molecule has 2 heterocycles. The molecule has 7 heteroatoms. The second kappa shape index (κ2) is 7.02. The first-order chi connectivity index (χ1) is 14.2. The molecule has 0 spiro atoms. The number of fused-ring (bicyclic) bond motifs is 4. The number of aryl methyl sites for hydroxylation is 1. The fraction of sp³-hybridized carbons (Fsp3) is 0.391. The predicted octanol–water partition coefficient (Wildman–Crippen LogP) is 3.49. The number of rotatable bonds is 3. The van der Waals surface area contributed by atoms with Crippen LogP contribution >= 0.6 is 0 Å². The molecule has 0 saturated heterocycles. The molecule has 0 saturated carbocycles. The van der Waals surface area contributed by atoms with E-state index < -0.39 is 23.8 Å². The summed E-state index contributed by atoms with van der Waals surface area (Å²) in [7, 11) is 4.97. The maximum absolute atomic E-state index is 13.4. The number of nitrogens with zero attached hydrogens (tertiary/aromatic N) is 1. The molecule has 1 aliphatic heterocycles. The molecule has 0 aliphatic carbocycles. The minimum Gasteiger partial charge on any atom is -0.496 e. The summed E-state index contributed by atoms with van der Waals surface area (Å²) in [5.41, 5.74) is 1.07. The lowest BCUT2D eigenvalue weighted by Crippen LogP contribution is -2.51. The Morgan fingerprint density at radius 3 is 2.53 bits per heavy atom. The Morgan fingerprint density at radius 1 is 1.20 bits per heavy atom. The lowest BCUT2D eigenvalue weighted by molar-refractivity contribution is -0.178. The average Bonchev–Trinajstić information content (AvgIpc) is 2.70. The second-order valence-corrected chi connectivity index (χ2v) is 8.01. The SMILES string of the molecule is COc1cc2c(c3c1c(=O)c1ccccc1n3C)[C@H](OC)[C@@H](OC(C)=O)C(C)(C)O2. The van der Waals surface area contributed by atoms with Gasteiger partial charge in [0, 0.05) is 32.5 Å². The van der Waals surface area contributed by atoms with Crippen molar-refractivity contribution in [3.63, 3.8) is 0 Å². The maximum atomic E-state index is 13.4. The fourth-order valence-electron chi connectivity index (χ4n) is 4.42. The highest BCUT2D eigenvalue weighted by atomic mass is 16.6. The van der Waals surface area contributed by atoms with Crippen molar-refractivity contribution in [2.45, 2.75) is 38.6 Å². The molecule has 2 aromatic carbocycles. The van der Waals surface area contributed by atoms with Crippen LogP contribution in [0, 0.1) is 0 Å². The van der Waals surface area contributed by atoms with Gasteiger partial charge in [-0.2, -0.15) is 0 Å². The number of methoxy groups -OCH3 is 2. The summed E-state index contributed by atoms with van der Waals surface area (Å²) in [6, 6.07) is 9.12. The first-order valence-electron chi connectivity index (χ1n) is 9.72. The topological polar surface area (TPSA) is 76.0 Å². The van der Waals surface area contributed by atoms with Crippen LogP contribution in [-0.4, -0.2) is 36.5 Å². The van der Waals surface area contributed by atoms with Crippen LogP contribution in [0.3, 0.4) is 0 Å². The Labute approximate surface area is 174 Å². The Kier molecular flexibility index (Phi) is 4.73. The quantitative estimate of drug-likeness (QED) is 0.485. The number of hydrogen-bond donors (Lipinski definition) is 0. The third-order valence-corrected chi connectivity index (χ3v) is 5.72. The highest BCUT2D eigenvalue weighted by Gasteiger charge is 2.48. The van der Waals surface area contributed by atoms with Crippen molar-refractivity contribution in [1.82, 2.24) is 4.57 Å². The largest absolute Gasteiger partial charge is 0.496 e. The molecule has 4 rings (SSSR count). The highest BCUT2D eigenvalue weighted by Crippen LogP contribution is 2.48. The number of carbonyl (C=O) groups excluding carboxylic acids is 1. The fourth-order valence-corrected chi connectivity index (χ4v) is 4.42. The molecule has 3 aromatic rings. The van der Waals surface area contributed by atoms with E-state index in [1.54, 1.807) is 19.2 Å². The lowest BCUT2D eigenvalue weighted by atomic mass is 9.86. The van der Waals surface area contributed by atoms with Gasteiger partial charge in [0.15, 0.2) is 6.10 Å². The Balaban J connectivity index is 2.18. The van der Waals surface area contributed by atoms with E-state index in [0.717, 1.165) is 5.52 Å². The summed E-state index contributed by atoms with van der Waals surface area (Å²) in [5.74, 6) is 0.524. The van der Waals surface area contributed by atoms with Gasteiger partial charge >= 0.3 is 5.97 Å². The van der Waals surface area contributed by atoms with Gasteiger partial charge in [-0.3, -0.25) is 9.59 Å². The monoisotopic (exact) mass is 411 g/mol. The van der Waals surface area contributed by atoms with Crippen LogP contribution in [-0.2, 0) is 21.3 Å². The van der Waals surface area contributed by atoms with Gasteiger partial charge in [-0.15, -0.1) is 0 Å². The number of esters is 1. The molecule has 158 valence electrons. The molecule has 0 unspecified atom stereocenters. The zero-order valence-corrected chi connectivity index (χ0v) is 17.9. The number of hydrogen-bond acceptors (Lipinski definition) is 6. The van der Waals surface area contributed by atoms with Gasteiger partial charge in [-0.05, 0) is 26.0 Å². The number of aromatic nitrogens is 1. The van der Waals surface area contributed by atoms with Crippen molar-refractivity contribution in [2.75, 3.05) is 14.2 Å². The molecule has 0 amide bonds. The van der Waals surface area contributed by atoms with E-state index in [-0.39, 0.29) is 5.43 Å². The van der Waals surface area contributed by atoms with E-state index in [2.05, 4.69) is 0 Å². The van der Waals surface area contributed by atoms with E-state index in [1.807, 2.05) is 43.7 Å². The number of benzene rings is 2. The van der Waals surface area contributed by atoms with Crippen LogP contribution < -0.4 is 14.9 Å². The smallest absolute Gasteiger partial charge is 0.303 e. The molecule has 0 N–H and O–H groups in total. The van der Waals surface area contributed by atoms with Crippen LogP contribution in [0.5, 0.6) is 11.5 Å². The second-order valence-electron chi connectivity index (χ2n) is 8.01. The first kappa shape index (κ1) is 20.2. The van der Waals surface area contributed by atoms with Crippen molar-refractivity contribution < 1.29 is 23.7 Å². The van der Waals surface area contributed by atoms with Gasteiger partial charge in [-0.1, -0.05) is 12.1 Å². The Morgan fingerprint density at radius 2 is 1.90 bits per heavy atom. The molecule has 7 nitrogen and oxygen atoms in total. The highest BCUT2D eigenvalue weighted by molar-refractivity contribution is 5.99. The van der Waals surface area contributed by atoms with Crippen LogP contribution in [0.25, 0.3) is 21.8 Å². The molecule has 1 aliphatic rings. The number of ether oxygens (including phenoxy) is 4. The van der Waals surface area contributed by atoms with E-state index >= 15 is 0 Å². The molecular weight excluding hydrogens is 386 g/mol. The van der Waals surface area contributed by atoms with Crippen molar-refractivity contribution in [2.24, 2.45) is 7.05 Å². The molecular formula is C23H25NO6. The van der Waals surface area contributed by atoms with Crippen LogP contribution in [0.15, 0.2) is 35.1 Å². The van der Waals surface area contributed by atoms with E-state index in [4.69, 9.17) is 18.9 Å². The van der Waals surface area contributed by atoms with E-state index in [1.165, 1.54) is 14.0 Å². The van der Waals surface area contributed by atoms with Crippen molar-refractivity contribution in [1.29, 1.82) is 0 Å². The summed E-state index contributed by atoms with van der Waals surface area (Å²) >= 11 is 0. The lowest BCUT2D eigenvalue weighted by Gasteiger charge is -2.43. The van der Waals surface area contributed by atoms with Gasteiger partial charge in [0.2, 0.25) is 5.43 Å². The molecule has 0 fully saturated rings. The first-order valence-corrected chi connectivity index (χ1v) is 9.72. The molecule has 1 aromatic heterocycles. The Hall–Kier alpha value is -3.06. The van der Waals surface area contributed by atoms with Gasteiger partial charge in [0.05, 0.1) is 29.1 Å². The van der Waals surface area contributed by atoms with Gasteiger partial charge in [0.25, 0.3) is 0 Å². The van der Waals surface area contributed by atoms with E-state index in [9.17, 15) is 9.59 Å². The number of pyridine rings is 1. The summed E-state index contributed by atoms with van der Waals surface area (Å²) in [6.45, 7) is 5.03. The average molecular weight is 411 g/mol. The van der Waals surface area contributed by atoms with Crippen molar-refractivity contribution in [3.05, 3.63) is 46.1 Å². The minimum absolute atomic E-state index is 0.137. The number of carbonyl (C=O) groups is 1. The maximum Gasteiger partial charge on any atom is 0.303 e. The molecule has 0 bridgehead atoms. The normalized spacial score (nSPS) is 19.9. The molecule has 30 heavy (non-hydrogen) atoms. The summed E-state index contributed by atoms with van der Waals surface area (Å²) in [5, 5.41) is 1.03. The Bertz CT molecular complexity index is 1230. The van der Waals surface area contributed by atoms with Crippen molar-refractivity contribution >= 4 is 27.8 Å². The summed E-state index contributed by atoms with van der Waals surface area (Å²) in [6.07, 6.45) is -1.33. The molecule has 2 atom stereocenters. The predicted molar refractivity (Wildman–Crippen MR) is 113 cm³/mol. The van der Waals surface area contributed by atoms with Crippen molar-refractivity contribution in [3.8, 4) is 11.5 Å². The minimum atomic E-state index is -0.853. The van der Waals surface area contributed by atoms with Gasteiger partial charge < -0.3 is 23.5 Å². The van der Waals surface area contributed by atoms with Crippen LogP contribution in [0.1, 0.15) is 32.4 Å². The third kappa shape index (κ3) is 2.84. The van der Waals surface area contributed by atoms with E-state index in [0.29, 0.717) is 33.4 Å². The van der Waals surface area contributed by atoms with Gasteiger partial charge in [0.1, 0.15) is 23.2 Å². The zero-order valence-electron chi connectivity index (χ0n) is 17.9. The zero-order chi connectivity index (χ0) is 21.8. The van der Waals surface area contributed by atoms with Crippen LogP contribution in [0.2, 0.25) is 0 Å². The summed E-state index contributed by atoms with van der Waals surface area (Å²) in [4.78, 5) is 25.3.